The summed E-state index contributed by atoms with van der Waals surface area (Å²) in [5.41, 5.74) is 10.2. The Morgan fingerprint density at radius 2 is 1.82 bits per heavy atom. The van der Waals surface area contributed by atoms with Gasteiger partial charge in [-0.25, -0.2) is 0 Å². The van der Waals surface area contributed by atoms with Gasteiger partial charge in [-0.05, 0) is 25.8 Å². The molecule has 5 N–H and O–H groups in total. The van der Waals surface area contributed by atoms with Gasteiger partial charge in [-0.3, -0.25) is 0 Å². The minimum atomic E-state index is -0.651. The Hall–Kier alpha value is 2.03. The molecular formula is C5H14I2N2OPt. The predicted molar refractivity (Wildman–Crippen MR) is 61.1 cm³/mol. The van der Waals surface area contributed by atoms with E-state index < -0.39 is 6.23 Å². The molecule has 0 aliphatic heterocycles. The second kappa shape index (κ2) is 14.5. The summed E-state index contributed by atoms with van der Waals surface area (Å²) in [6.45, 7) is 0.687. The fraction of sp³-hybridized carbons (Fsp3) is 1.00. The molecule has 0 aliphatic carbocycles. The molecule has 0 spiro atoms. The third-order valence-corrected chi connectivity index (χ3v) is 0.954. The number of aliphatic hydroxyl groups is 1. The molecule has 0 amide bonds. The summed E-state index contributed by atoms with van der Waals surface area (Å²) >= 11 is 5.30. The molecule has 0 heterocycles. The van der Waals surface area contributed by atoms with Gasteiger partial charge in [0, 0.05) is 0 Å². The first kappa shape index (κ1) is 15.5. The van der Waals surface area contributed by atoms with Gasteiger partial charge in [0.1, 0.15) is 6.23 Å². The molecule has 1 unspecified atom stereocenters. The van der Waals surface area contributed by atoms with Gasteiger partial charge >= 0.3 is 49.9 Å². The van der Waals surface area contributed by atoms with E-state index in [9.17, 15) is 0 Å². The van der Waals surface area contributed by atoms with E-state index >= 15 is 0 Å². The van der Waals surface area contributed by atoms with Gasteiger partial charge in [0.25, 0.3) is 0 Å². The van der Waals surface area contributed by atoms with Gasteiger partial charge in [0.2, 0.25) is 0 Å². The molecule has 0 saturated carbocycles. The van der Waals surface area contributed by atoms with Crippen LogP contribution < -0.4 is 11.5 Å². The Labute approximate surface area is 97.2 Å². The molecule has 74 valence electrons. The van der Waals surface area contributed by atoms with Crippen molar-refractivity contribution in [2.24, 2.45) is 11.5 Å². The maximum absolute atomic E-state index is 8.52. The van der Waals surface area contributed by atoms with Crippen molar-refractivity contribution in [1.29, 1.82) is 0 Å². The van der Waals surface area contributed by atoms with E-state index in [0.29, 0.717) is 24.2 Å². The topological polar surface area (TPSA) is 72.3 Å². The number of hydrogen-bond acceptors (Lipinski definition) is 3. The van der Waals surface area contributed by atoms with Crippen LogP contribution in [0.15, 0.2) is 0 Å². The Morgan fingerprint density at radius 3 is 2.09 bits per heavy atom. The molecule has 0 aromatic heterocycles. The molecule has 0 aromatic rings. The molecule has 11 heavy (non-hydrogen) atoms. The number of hydrogen-bond donors (Lipinski definition) is 3. The third-order valence-electron chi connectivity index (χ3n) is 0.954. The van der Waals surface area contributed by atoms with Crippen LogP contribution >= 0.6 is 38.7 Å². The van der Waals surface area contributed by atoms with E-state index in [-0.39, 0.29) is 0 Å². The van der Waals surface area contributed by atoms with Crippen LogP contribution in [0.4, 0.5) is 0 Å². The van der Waals surface area contributed by atoms with Crippen LogP contribution in [0.1, 0.15) is 19.3 Å². The minimum absolute atomic E-state index is 0.523. The van der Waals surface area contributed by atoms with Crippen molar-refractivity contribution >= 4 is 38.7 Å². The molecule has 0 rings (SSSR count). The molecular weight excluding hydrogens is 553 g/mol. The number of halogens is 2. The Balaban J connectivity index is 0. The average Bonchev–Trinajstić information content (AvgIpc) is 1.89. The maximum atomic E-state index is 8.52. The summed E-state index contributed by atoms with van der Waals surface area (Å²) in [4.78, 5) is 0. The van der Waals surface area contributed by atoms with Gasteiger partial charge in [-0.2, -0.15) is 0 Å². The number of nitrogens with two attached hydrogens (primary N) is 2. The zero-order chi connectivity index (χ0) is 9.11. The fourth-order valence-corrected chi connectivity index (χ4v) is 0.498. The van der Waals surface area contributed by atoms with Gasteiger partial charge < -0.3 is 16.6 Å². The Bertz CT molecular complexity index is 68.4. The molecule has 0 radical (unpaired) electrons. The second-order valence-corrected chi connectivity index (χ2v) is 18.5. The van der Waals surface area contributed by atoms with E-state index in [4.69, 9.17) is 16.6 Å². The number of rotatable bonds is 4. The zero-order valence-electron chi connectivity index (χ0n) is 6.08. The van der Waals surface area contributed by atoms with Gasteiger partial charge in [-0.1, -0.05) is 0 Å². The van der Waals surface area contributed by atoms with Gasteiger partial charge in [-0.15, -0.1) is 0 Å². The fourth-order valence-electron chi connectivity index (χ4n) is 0.498. The molecule has 6 heteroatoms. The van der Waals surface area contributed by atoms with Crippen molar-refractivity contribution in [2.75, 3.05) is 6.54 Å². The SMILES string of the molecule is NCCCCC(N)O.[I][Pt][I]. The summed E-state index contributed by atoms with van der Waals surface area (Å²) in [5.74, 6) is 0. The Kier molecular flexibility index (Phi) is 20.5. The standard InChI is InChI=1S/C5H14N2O.2HI.Pt/c6-4-2-1-3-5(7)8;;;/h5,8H,1-4,6-7H2;2*1H;/q;;;+2/p-2. The normalized spacial score (nSPS) is 12.1. The summed E-state index contributed by atoms with van der Waals surface area (Å²) in [7, 11) is 0. The first-order valence-corrected chi connectivity index (χ1v) is 16.0. The van der Waals surface area contributed by atoms with Crippen LogP contribution in [0, 0.1) is 0 Å². The Morgan fingerprint density at radius 1 is 1.36 bits per heavy atom. The first-order chi connectivity index (χ1) is 5.18. The molecule has 3 nitrogen and oxygen atoms in total. The van der Waals surface area contributed by atoms with E-state index in [1.54, 1.807) is 0 Å². The second-order valence-electron chi connectivity index (χ2n) is 1.90. The molecule has 0 saturated heterocycles. The van der Waals surface area contributed by atoms with Gasteiger partial charge in [0.15, 0.2) is 0 Å². The van der Waals surface area contributed by atoms with Crippen molar-refractivity contribution < 1.29 is 16.3 Å². The average molecular weight is 567 g/mol. The van der Waals surface area contributed by atoms with E-state index in [2.05, 4.69) is 38.7 Å². The summed E-state index contributed by atoms with van der Waals surface area (Å²) < 4.78 is 0. The number of aliphatic hydroxyl groups excluding tert-OH is 1. The van der Waals surface area contributed by atoms with Gasteiger partial charge in [0.05, 0.1) is 0 Å². The van der Waals surface area contributed by atoms with Crippen molar-refractivity contribution in [1.82, 2.24) is 0 Å². The van der Waals surface area contributed by atoms with Crippen molar-refractivity contribution in [2.45, 2.75) is 25.5 Å². The van der Waals surface area contributed by atoms with Crippen molar-refractivity contribution in [3.8, 4) is 0 Å². The van der Waals surface area contributed by atoms with E-state index in [0.717, 1.165) is 12.8 Å². The van der Waals surface area contributed by atoms with Crippen LogP contribution in [0.25, 0.3) is 0 Å². The first-order valence-electron chi connectivity index (χ1n) is 3.15. The van der Waals surface area contributed by atoms with Crippen LogP contribution in [-0.4, -0.2) is 17.9 Å². The van der Waals surface area contributed by atoms with E-state index in [1.807, 2.05) is 0 Å². The van der Waals surface area contributed by atoms with E-state index in [1.165, 1.54) is 0 Å². The molecule has 1 atom stereocenters. The van der Waals surface area contributed by atoms with Crippen molar-refractivity contribution in [3.63, 3.8) is 0 Å². The quantitative estimate of drug-likeness (QED) is 0.272. The summed E-state index contributed by atoms with van der Waals surface area (Å²) in [5, 5.41) is 8.52. The zero-order valence-corrected chi connectivity index (χ0v) is 12.7. The summed E-state index contributed by atoms with van der Waals surface area (Å²) in [6, 6.07) is 0. The van der Waals surface area contributed by atoms with Crippen molar-refractivity contribution in [3.05, 3.63) is 0 Å². The predicted octanol–water partition coefficient (Wildman–Crippen LogP) is 1.16. The molecule has 0 aromatic carbocycles. The molecule has 0 bridgehead atoms. The van der Waals surface area contributed by atoms with Crippen LogP contribution in [0.5, 0.6) is 0 Å². The van der Waals surface area contributed by atoms with Crippen LogP contribution in [0.3, 0.4) is 0 Å². The summed E-state index contributed by atoms with van der Waals surface area (Å²) in [6.07, 6.45) is 1.89. The molecule has 0 fully saturated rings. The van der Waals surface area contributed by atoms with Crippen LogP contribution in [-0.2, 0) is 11.2 Å². The third kappa shape index (κ3) is 24.5. The number of unbranched alkanes of at least 4 members (excludes halogenated alkanes) is 1. The molecule has 0 aliphatic rings. The monoisotopic (exact) mass is 567 g/mol. The van der Waals surface area contributed by atoms with Crippen LogP contribution in [0.2, 0.25) is 0 Å².